The summed E-state index contributed by atoms with van der Waals surface area (Å²) in [6, 6.07) is 24.4. The molecule has 0 aliphatic heterocycles. The molecule has 6 aromatic rings. The van der Waals surface area contributed by atoms with Crippen LogP contribution in [0.5, 0.6) is 0 Å². The van der Waals surface area contributed by atoms with Crippen molar-refractivity contribution >= 4 is 53.3 Å². The van der Waals surface area contributed by atoms with Crippen LogP contribution in [0, 0.1) is 5.92 Å². The fourth-order valence-electron chi connectivity index (χ4n) is 5.16. The Morgan fingerprint density at radius 2 is 1.66 bits per heavy atom. The Kier molecular flexibility index (Phi) is 5.16. The van der Waals surface area contributed by atoms with Crippen LogP contribution in [0.2, 0.25) is 0 Å². The molecule has 0 bridgehead atoms. The Morgan fingerprint density at radius 1 is 0.857 bits per heavy atom. The number of hydrogen-bond acceptors (Lipinski definition) is 3. The van der Waals surface area contributed by atoms with E-state index in [1.807, 2.05) is 12.3 Å². The van der Waals surface area contributed by atoms with Crippen LogP contribution >= 0.6 is 11.3 Å². The number of benzene rings is 3. The number of fused-ring (bicyclic) bond motifs is 6. The minimum atomic E-state index is 0.0349. The summed E-state index contributed by atoms with van der Waals surface area (Å²) in [7, 11) is 0. The van der Waals surface area contributed by atoms with E-state index in [1.54, 1.807) is 11.3 Å². The first-order valence-corrected chi connectivity index (χ1v) is 13.2. The molecule has 3 aromatic carbocycles. The molecule has 3 heteroatoms. The molecule has 3 aromatic heterocycles. The zero-order valence-electron chi connectivity index (χ0n) is 21.0. The van der Waals surface area contributed by atoms with Crippen LogP contribution in [0.4, 0.5) is 0 Å². The maximum Gasteiger partial charge on any atom is 0.124 e. The molecule has 0 amide bonds. The summed E-state index contributed by atoms with van der Waals surface area (Å²) < 4.78 is 1.27. The highest BCUT2D eigenvalue weighted by molar-refractivity contribution is 7.26. The van der Waals surface area contributed by atoms with E-state index in [9.17, 15) is 0 Å². The van der Waals surface area contributed by atoms with Gasteiger partial charge in [-0.2, -0.15) is 0 Å². The lowest BCUT2D eigenvalue weighted by Gasteiger charge is -2.21. The summed E-state index contributed by atoms with van der Waals surface area (Å²) in [4.78, 5) is 11.1. The average Bonchev–Trinajstić information content (AvgIpc) is 3.21. The van der Waals surface area contributed by atoms with Crippen molar-refractivity contribution in [3.63, 3.8) is 0 Å². The van der Waals surface area contributed by atoms with Crippen molar-refractivity contribution in [2.24, 2.45) is 5.92 Å². The van der Waals surface area contributed by atoms with Gasteiger partial charge in [-0.05, 0) is 76.1 Å². The van der Waals surface area contributed by atoms with Gasteiger partial charge in [0.15, 0.2) is 0 Å². The monoisotopic (exact) mass is 474 g/mol. The van der Waals surface area contributed by atoms with Crippen LogP contribution in [-0.2, 0) is 11.8 Å². The molecule has 0 aliphatic rings. The maximum atomic E-state index is 5.29. The Labute approximate surface area is 210 Å². The molecule has 3 heterocycles. The summed E-state index contributed by atoms with van der Waals surface area (Å²) in [5.41, 5.74) is 6.10. The van der Waals surface area contributed by atoms with Crippen LogP contribution in [0.3, 0.4) is 0 Å². The lowest BCUT2D eigenvalue weighted by Crippen LogP contribution is -2.11. The van der Waals surface area contributed by atoms with E-state index in [4.69, 9.17) is 4.98 Å². The predicted octanol–water partition coefficient (Wildman–Crippen LogP) is 9.31. The van der Waals surface area contributed by atoms with E-state index in [0.29, 0.717) is 5.92 Å². The first kappa shape index (κ1) is 22.2. The Morgan fingerprint density at radius 3 is 2.46 bits per heavy atom. The summed E-state index contributed by atoms with van der Waals surface area (Å²) in [6.45, 7) is 11.5. The van der Waals surface area contributed by atoms with Gasteiger partial charge in [0, 0.05) is 32.6 Å². The third-order valence-corrected chi connectivity index (χ3v) is 8.06. The molecule has 0 atom stereocenters. The first-order chi connectivity index (χ1) is 16.8. The molecule has 6 rings (SSSR count). The van der Waals surface area contributed by atoms with Crippen LogP contribution < -0.4 is 0 Å². The fraction of sp³-hybridized carbons (Fsp3) is 0.250. The second kappa shape index (κ2) is 8.13. The summed E-state index contributed by atoms with van der Waals surface area (Å²) in [6.07, 6.45) is 2.91. The van der Waals surface area contributed by atoms with Gasteiger partial charge < -0.3 is 0 Å². The molecular weight excluding hydrogens is 444 g/mol. The lowest BCUT2D eigenvalue weighted by molar-refractivity contribution is 0.591. The van der Waals surface area contributed by atoms with Crippen molar-refractivity contribution in [1.29, 1.82) is 0 Å². The van der Waals surface area contributed by atoms with Crippen LogP contribution in [-0.4, -0.2) is 9.97 Å². The van der Waals surface area contributed by atoms with Gasteiger partial charge in [0.25, 0.3) is 0 Å². The number of aromatic nitrogens is 2. The van der Waals surface area contributed by atoms with Crippen LogP contribution in [0.15, 0.2) is 72.9 Å². The minimum absolute atomic E-state index is 0.0349. The van der Waals surface area contributed by atoms with E-state index in [2.05, 4.69) is 100 Å². The first-order valence-electron chi connectivity index (χ1n) is 12.4. The molecule has 0 saturated heterocycles. The normalized spacial score (nSPS) is 12.5. The Hall–Kier alpha value is -3.30. The fourth-order valence-corrected chi connectivity index (χ4v) is 6.31. The smallest absolute Gasteiger partial charge is 0.124 e. The Bertz CT molecular complexity index is 1730. The quantitative estimate of drug-likeness (QED) is 0.239. The molecule has 0 radical (unpaired) electrons. The zero-order chi connectivity index (χ0) is 24.3. The number of thiophene rings is 1. The van der Waals surface area contributed by atoms with E-state index >= 15 is 0 Å². The lowest BCUT2D eigenvalue weighted by atomic mass is 9.84. The number of pyridine rings is 2. The van der Waals surface area contributed by atoms with Crippen molar-refractivity contribution in [2.75, 3.05) is 0 Å². The molecule has 0 saturated carbocycles. The standard InChI is InChI=1S/C32H30N2S/c1-19(2)15-21-16-28(34-27-13-12-20-9-6-7-10-23(20)29(21)27)26-18-22(32(3,4)5)17-25-24-11-8-14-33-31(24)35-30(25)26/h6-14,16-19H,15H2,1-5H3. The predicted molar refractivity (Wildman–Crippen MR) is 153 cm³/mol. The second-order valence-corrected chi connectivity index (χ2v) is 12.1. The minimum Gasteiger partial charge on any atom is -0.248 e. The molecule has 174 valence electrons. The van der Waals surface area contributed by atoms with Crippen molar-refractivity contribution in [3.8, 4) is 11.3 Å². The Balaban J connectivity index is 1.72. The second-order valence-electron chi connectivity index (χ2n) is 11.1. The molecule has 0 fully saturated rings. The molecule has 35 heavy (non-hydrogen) atoms. The van der Waals surface area contributed by atoms with Gasteiger partial charge in [-0.1, -0.05) is 65.0 Å². The van der Waals surface area contributed by atoms with Gasteiger partial charge in [0.2, 0.25) is 0 Å². The molecule has 0 unspecified atom stereocenters. The van der Waals surface area contributed by atoms with Gasteiger partial charge in [0.1, 0.15) is 4.83 Å². The third-order valence-electron chi connectivity index (χ3n) is 6.90. The average molecular weight is 475 g/mol. The third kappa shape index (κ3) is 3.79. The van der Waals surface area contributed by atoms with Crippen molar-refractivity contribution in [3.05, 3.63) is 84.1 Å². The van der Waals surface area contributed by atoms with Gasteiger partial charge in [-0.15, -0.1) is 11.3 Å². The van der Waals surface area contributed by atoms with E-state index in [0.717, 1.165) is 22.5 Å². The van der Waals surface area contributed by atoms with E-state index in [1.165, 1.54) is 48.3 Å². The largest absolute Gasteiger partial charge is 0.248 e. The van der Waals surface area contributed by atoms with Crippen molar-refractivity contribution in [2.45, 2.75) is 46.5 Å². The molecule has 0 spiro atoms. The van der Waals surface area contributed by atoms with Crippen LogP contribution in [0.1, 0.15) is 45.7 Å². The SMILES string of the molecule is CC(C)Cc1cc(-c2cc(C(C)(C)C)cc3c2sc2ncccc23)nc2ccc3ccccc3c12. The van der Waals surface area contributed by atoms with E-state index < -0.39 is 0 Å². The highest BCUT2D eigenvalue weighted by atomic mass is 32.1. The van der Waals surface area contributed by atoms with Gasteiger partial charge in [0.05, 0.1) is 11.2 Å². The highest BCUT2D eigenvalue weighted by Crippen LogP contribution is 2.43. The van der Waals surface area contributed by atoms with Crippen molar-refractivity contribution < 1.29 is 0 Å². The number of rotatable bonds is 3. The number of nitrogens with zero attached hydrogens (tertiary/aromatic N) is 2. The van der Waals surface area contributed by atoms with Crippen molar-refractivity contribution in [1.82, 2.24) is 9.97 Å². The summed E-state index contributed by atoms with van der Waals surface area (Å²) >= 11 is 1.78. The van der Waals surface area contributed by atoms with Gasteiger partial charge in [-0.25, -0.2) is 9.97 Å². The maximum absolute atomic E-state index is 5.29. The molecule has 2 nitrogen and oxygen atoms in total. The van der Waals surface area contributed by atoms with Gasteiger partial charge in [-0.3, -0.25) is 0 Å². The summed E-state index contributed by atoms with van der Waals surface area (Å²) in [5, 5.41) is 6.37. The van der Waals surface area contributed by atoms with Gasteiger partial charge >= 0.3 is 0 Å². The molecule has 0 N–H and O–H groups in total. The van der Waals surface area contributed by atoms with E-state index in [-0.39, 0.29) is 5.41 Å². The van der Waals surface area contributed by atoms with Crippen LogP contribution in [0.25, 0.3) is 53.2 Å². The zero-order valence-corrected chi connectivity index (χ0v) is 21.8. The molecular formula is C32H30N2S. The summed E-state index contributed by atoms with van der Waals surface area (Å²) in [5.74, 6) is 0.557. The number of hydrogen-bond donors (Lipinski definition) is 0. The topological polar surface area (TPSA) is 25.8 Å². The highest BCUT2D eigenvalue weighted by Gasteiger charge is 2.21. The molecule has 0 aliphatic carbocycles.